The van der Waals surface area contributed by atoms with Crippen molar-refractivity contribution in [3.63, 3.8) is 0 Å². The predicted molar refractivity (Wildman–Crippen MR) is 71.8 cm³/mol. The van der Waals surface area contributed by atoms with Crippen LogP contribution in [0.4, 0.5) is 0 Å². The first kappa shape index (κ1) is 18.8. The maximum absolute atomic E-state index is 3.74. The van der Waals surface area contributed by atoms with Gasteiger partial charge in [0.05, 0.1) is 6.54 Å². The molecule has 0 aliphatic rings. The third kappa shape index (κ3) is 6.67. The number of aromatic nitrogens is 1. The van der Waals surface area contributed by atoms with Gasteiger partial charge in [-0.2, -0.15) is 0 Å². The van der Waals surface area contributed by atoms with Gasteiger partial charge in [0.2, 0.25) is 0 Å². The molecule has 0 unspecified atom stereocenters. The SMILES string of the molecule is C=Cc1cc[n+](CCN(CC)CC)cc1.Cl.[Cl-]. The first-order valence-corrected chi connectivity index (χ1v) is 5.64. The average molecular weight is 277 g/mol. The molecule has 1 aromatic rings. The van der Waals surface area contributed by atoms with E-state index in [0.717, 1.165) is 26.2 Å². The maximum Gasteiger partial charge on any atom is 0.169 e. The molecule has 1 aromatic heterocycles. The van der Waals surface area contributed by atoms with E-state index in [-0.39, 0.29) is 24.8 Å². The van der Waals surface area contributed by atoms with Crippen molar-refractivity contribution in [2.24, 2.45) is 0 Å². The van der Waals surface area contributed by atoms with Gasteiger partial charge in [-0.05, 0) is 18.7 Å². The van der Waals surface area contributed by atoms with Gasteiger partial charge >= 0.3 is 0 Å². The summed E-state index contributed by atoms with van der Waals surface area (Å²) in [5, 5.41) is 0. The minimum Gasteiger partial charge on any atom is -1.00 e. The van der Waals surface area contributed by atoms with E-state index in [1.54, 1.807) is 0 Å². The molecule has 0 amide bonds. The summed E-state index contributed by atoms with van der Waals surface area (Å²) in [4.78, 5) is 2.43. The Labute approximate surface area is 117 Å². The number of rotatable bonds is 6. The van der Waals surface area contributed by atoms with Gasteiger partial charge in [-0.15, -0.1) is 12.4 Å². The van der Waals surface area contributed by atoms with Crippen LogP contribution in [0.5, 0.6) is 0 Å². The largest absolute Gasteiger partial charge is 1.00 e. The molecule has 0 atom stereocenters. The second-order valence-corrected chi connectivity index (χ2v) is 3.60. The van der Waals surface area contributed by atoms with Crippen LogP contribution in [0, 0.1) is 0 Å². The van der Waals surface area contributed by atoms with E-state index < -0.39 is 0 Å². The molecular weight excluding hydrogens is 255 g/mol. The highest BCUT2D eigenvalue weighted by atomic mass is 35.5. The van der Waals surface area contributed by atoms with Crippen LogP contribution in [0.3, 0.4) is 0 Å². The third-order valence-corrected chi connectivity index (χ3v) is 2.72. The van der Waals surface area contributed by atoms with Crippen LogP contribution >= 0.6 is 12.4 Å². The number of hydrogen-bond donors (Lipinski definition) is 0. The Bertz CT molecular complexity index is 295. The van der Waals surface area contributed by atoms with Crippen molar-refractivity contribution in [2.75, 3.05) is 19.6 Å². The minimum atomic E-state index is 0. The van der Waals surface area contributed by atoms with Crippen molar-refractivity contribution in [3.05, 3.63) is 36.7 Å². The molecule has 0 fully saturated rings. The molecule has 4 heteroatoms. The van der Waals surface area contributed by atoms with E-state index in [2.05, 4.69) is 54.4 Å². The summed E-state index contributed by atoms with van der Waals surface area (Å²) in [6.07, 6.45) is 6.09. The summed E-state index contributed by atoms with van der Waals surface area (Å²) in [6, 6.07) is 4.18. The fourth-order valence-electron chi connectivity index (χ4n) is 1.55. The molecule has 98 valence electrons. The summed E-state index contributed by atoms with van der Waals surface area (Å²) in [6.45, 7) is 12.6. The highest BCUT2D eigenvalue weighted by Crippen LogP contribution is 1.95. The van der Waals surface area contributed by atoms with Gasteiger partial charge in [0.15, 0.2) is 18.9 Å². The second-order valence-electron chi connectivity index (χ2n) is 3.60. The minimum absolute atomic E-state index is 0. The van der Waals surface area contributed by atoms with Crippen LogP contribution in [0.25, 0.3) is 6.08 Å². The maximum atomic E-state index is 3.74. The van der Waals surface area contributed by atoms with Crippen LogP contribution in [0.2, 0.25) is 0 Å². The summed E-state index contributed by atoms with van der Waals surface area (Å²) >= 11 is 0. The Morgan fingerprint density at radius 3 is 2.18 bits per heavy atom. The third-order valence-electron chi connectivity index (χ3n) is 2.72. The van der Waals surface area contributed by atoms with Crippen molar-refractivity contribution < 1.29 is 17.0 Å². The zero-order valence-electron chi connectivity index (χ0n) is 10.6. The van der Waals surface area contributed by atoms with Gasteiger partial charge in [-0.1, -0.05) is 26.5 Å². The highest BCUT2D eigenvalue weighted by molar-refractivity contribution is 5.85. The quantitative estimate of drug-likeness (QED) is 0.629. The lowest BCUT2D eigenvalue weighted by molar-refractivity contribution is -0.696. The van der Waals surface area contributed by atoms with Gasteiger partial charge in [0.1, 0.15) is 0 Å². The molecule has 0 radical (unpaired) electrons. The molecule has 0 aromatic carbocycles. The molecule has 0 aliphatic carbocycles. The van der Waals surface area contributed by atoms with Crippen LogP contribution < -0.4 is 17.0 Å². The Balaban J connectivity index is 0. The van der Waals surface area contributed by atoms with Crippen molar-refractivity contribution >= 4 is 18.5 Å². The van der Waals surface area contributed by atoms with E-state index in [1.165, 1.54) is 5.56 Å². The zero-order chi connectivity index (χ0) is 11.1. The molecule has 1 rings (SSSR count). The van der Waals surface area contributed by atoms with Crippen molar-refractivity contribution in [3.8, 4) is 0 Å². The summed E-state index contributed by atoms with van der Waals surface area (Å²) in [7, 11) is 0. The molecule has 1 heterocycles. The normalized spacial score (nSPS) is 9.35. The van der Waals surface area contributed by atoms with Crippen LogP contribution in [-0.2, 0) is 6.54 Å². The Morgan fingerprint density at radius 2 is 1.76 bits per heavy atom. The van der Waals surface area contributed by atoms with Gasteiger partial charge < -0.3 is 12.4 Å². The highest BCUT2D eigenvalue weighted by Gasteiger charge is 2.03. The number of nitrogens with zero attached hydrogens (tertiary/aromatic N) is 2. The Hall–Kier alpha value is -0.570. The molecule has 0 N–H and O–H groups in total. The molecule has 2 nitrogen and oxygen atoms in total. The van der Waals surface area contributed by atoms with Gasteiger partial charge in [-0.3, -0.25) is 4.90 Å². The molecular formula is C13H22Cl2N2. The first-order chi connectivity index (χ1) is 7.30. The summed E-state index contributed by atoms with van der Waals surface area (Å²) in [5.74, 6) is 0. The predicted octanol–water partition coefficient (Wildman–Crippen LogP) is -0.615. The van der Waals surface area contributed by atoms with Gasteiger partial charge in [0, 0.05) is 12.1 Å². The number of hydrogen-bond acceptors (Lipinski definition) is 1. The molecule has 0 bridgehead atoms. The lowest BCUT2D eigenvalue weighted by Gasteiger charge is -2.15. The Morgan fingerprint density at radius 1 is 1.24 bits per heavy atom. The standard InChI is InChI=1S/C13H21N2.2ClH/c1-4-13-7-9-15(10-8-13)12-11-14(5-2)6-3;;/h4,7-10H,1,5-6,11-12H2,2-3H3;2*1H/q+1;;/p-1. The smallest absolute Gasteiger partial charge is 0.169 e. The summed E-state index contributed by atoms with van der Waals surface area (Å²) < 4.78 is 2.21. The summed E-state index contributed by atoms with van der Waals surface area (Å²) in [5.41, 5.74) is 1.18. The van der Waals surface area contributed by atoms with E-state index >= 15 is 0 Å². The van der Waals surface area contributed by atoms with E-state index in [9.17, 15) is 0 Å². The van der Waals surface area contributed by atoms with Gasteiger partial charge in [-0.25, -0.2) is 4.57 Å². The van der Waals surface area contributed by atoms with E-state index in [0.29, 0.717) is 0 Å². The molecule has 0 aliphatic heterocycles. The number of likely N-dealkylation sites (N-methyl/N-ethyl adjacent to an activating group) is 1. The van der Waals surface area contributed by atoms with Crippen molar-refractivity contribution in [1.82, 2.24) is 4.90 Å². The van der Waals surface area contributed by atoms with Crippen molar-refractivity contribution in [1.29, 1.82) is 0 Å². The number of pyridine rings is 1. The van der Waals surface area contributed by atoms with Crippen LogP contribution in [0.1, 0.15) is 19.4 Å². The molecule has 0 saturated heterocycles. The Kier molecular flexibility index (Phi) is 11.7. The topological polar surface area (TPSA) is 7.12 Å². The lowest BCUT2D eigenvalue weighted by Crippen LogP contribution is -3.00. The average Bonchev–Trinajstić information content (AvgIpc) is 2.31. The van der Waals surface area contributed by atoms with Crippen LogP contribution in [0.15, 0.2) is 31.1 Å². The second kappa shape index (κ2) is 10.6. The van der Waals surface area contributed by atoms with E-state index in [1.807, 2.05) is 6.08 Å². The molecule has 17 heavy (non-hydrogen) atoms. The number of halogens is 2. The monoisotopic (exact) mass is 276 g/mol. The van der Waals surface area contributed by atoms with Gasteiger partial charge in [0.25, 0.3) is 0 Å². The zero-order valence-corrected chi connectivity index (χ0v) is 12.2. The fourth-order valence-corrected chi connectivity index (χ4v) is 1.55. The first-order valence-electron chi connectivity index (χ1n) is 5.64. The molecule has 0 spiro atoms. The molecule has 0 saturated carbocycles. The fraction of sp³-hybridized carbons (Fsp3) is 0.462. The van der Waals surface area contributed by atoms with Crippen molar-refractivity contribution in [2.45, 2.75) is 20.4 Å². The van der Waals surface area contributed by atoms with Crippen LogP contribution in [-0.4, -0.2) is 24.5 Å². The lowest BCUT2D eigenvalue weighted by atomic mass is 10.3. The van der Waals surface area contributed by atoms with E-state index in [4.69, 9.17) is 0 Å².